The van der Waals surface area contributed by atoms with Crippen molar-refractivity contribution in [1.82, 2.24) is 4.31 Å². The molecular formula is C23H29FN4O4S. The highest BCUT2D eigenvalue weighted by Gasteiger charge is 2.25. The van der Waals surface area contributed by atoms with Crippen LogP contribution in [0.1, 0.15) is 23.2 Å². The molecule has 0 saturated carbocycles. The van der Waals surface area contributed by atoms with Gasteiger partial charge in [-0.3, -0.25) is 4.79 Å². The van der Waals surface area contributed by atoms with E-state index in [0.717, 1.165) is 35.9 Å². The molecule has 0 bridgehead atoms. The fraction of sp³-hybridized carbons (Fsp3) is 0.435. The predicted octanol–water partition coefficient (Wildman–Crippen LogP) is 2.77. The molecule has 2 fully saturated rings. The van der Waals surface area contributed by atoms with Gasteiger partial charge in [-0.2, -0.15) is 0 Å². The minimum absolute atomic E-state index is 0.0201. The maximum atomic E-state index is 14.3. The number of sulfonamides is 1. The zero-order valence-electron chi connectivity index (χ0n) is 18.9. The number of carbonyl (C=O) groups is 1. The third-order valence-electron chi connectivity index (χ3n) is 5.95. The number of morpholine rings is 1. The first-order valence-corrected chi connectivity index (χ1v) is 12.5. The Morgan fingerprint density at radius 2 is 1.70 bits per heavy atom. The second-order valence-electron chi connectivity index (χ2n) is 8.41. The number of anilines is 3. The minimum atomic E-state index is -3.73. The number of rotatable bonds is 6. The van der Waals surface area contributed by atoms with Crippen LogP contribution < -0.4 is 15.1 Å². The summed E-state index contributed by atoms with van der Waals surface area (Å²) in [6, 6.07) is 9.02. The average Bonchev–Trinajstić information content (AvgIpc) is 3.34. The smallest absolute Gasteiger partial charge is 0.257 e. The highest BCUT2D eigenvalue weighted by molar-refractivity contribution is 7.89. The summed E-state index contributed by atoms with van der Waals surface area (Å²) in [4.78, 5) is 17.5. The van der Waals surface area contributed by atoms with E-state index in [4.69, 9.17) is 4.74 Å². The van der Waals surface area contributed by atoms with Crippen LogP contribution >= 0.6 is 0 Å². The molecule has 0 spiro atoms. The van der Waals surface area contributed by atoms with Crippen LogP contribution in [0, 0.1) is 5.82 Å². The van der Waals surface area contributed by atoms with Gasteiger partial charge in [0, 0.05) is 57.3 Å². The fourth-order valence-corrected chi connectivity index (χ4v) is 5.08. The van der Waals surface area contributed by atoms with Crippen molar-refractivity contribution in [3.63, 3.8) is 0 Å². The Labute approximate surface area is 194 Å². The molecule has 1 amide bonds. The van der Waals surface area contributed by atoms with Gasteiger partial charge < -0.3 is 19.9 Å². The SMILES string of the molecule is CN(C)S(=O)(=O)c1ccc(N2CCOCC2)c(C(=O)Nc2cc(F)cc(N3CCCC3)c2)c1. The number of hydrogen-bond acceptors (Lipinski definition) is 6. The largest absolute Gasteiger partial charge is 0.378 e. The van der Waals surface area contributed by atoms with E-state index in [1.807, 2.05) is 4.90 Å². The molecule has 2 aromatic carbocycles. The molecule has 8 nitrogen and oxygen atoms in total. The Morgan fingerprint density at radius 3 is 2.36 bits per heavy atom. The number of nitrogens with zero attached hydrogens (tertiary/aromatic N) is 3. The molecule has 0 aliphatic carbocycles. The lowest BCUT2D eigenvalue weighted by molar-refractivity contribution is 0.102. The van der Waals surface area contributed by atoms with Crippen molar-refractivity contribution in [2.24, 2.45) is 0 Å². The second-order valence-corrected chi connectivity index (χ2v) is 10.6. The fourth-order valence-electron chi connectivity index (χ4n) is 4.15. The number of benzene rings is 2. The van der Waals surface area contributed by atoms with E-state index in [1.165, 1.54) is 38.4 Å². The molecule has 2 aliphatic heterocycles. The number of halogens is 1. The number of nitrogens with one attached hydrogen (secondary N) is 1. The van der Waals surface area contributed by atoms with Gasteiger partial charge in [0.05, 0.1) is 23.7 Å². The van der Waals surface area contributed by atoms with Crippen LogP contribution in [0.3, 0.4) is 0 Å². The van der Waals surface area contributed by atoms with Crippen molar-refractivity contribution in [3.05, 3.63) is 47.8 Å². The maximum absolute atomic E-state index is 14.3. The van der Waals surface area contributed by atoms with Gasteiger partial charge in [-0.25, -0.2) is 17.1 Å². The summed E-state index contributed by atoms with van der Waals surface area (Å²) >= 11 is 0. The minimum Gasteiger partial charge on any atom is -0.378 e. The number of carbonyl (C=O) groups excluding carboxylic acids is 1. The van der Waals surface area contributed by atoms with Crippen molar-refractivity contribution >= 4 is 33.0 Å². The summed E-state index contributed by atoms with van der Waals surface area (Å²) in [7, 11) is -0.850. The quantitative estimate of drug-likeness (QED) is 0.691. The lowest BCUT2D eigenvalue weighted by Crippen LogP contribution is -2.37. The standard InChI is InChI=1S/C23H29FN4O4S/c1-26(2)33(30,31)20-5-6-22(28-9-11-32-12-10-28)21(16-20)23(29)25-18-13-17(24)14-19(15-18)27-7-3-4-8-27/h5-6,13-16H,3-4,7-12H2,1-2H3,(H,25,29). The monoisotopic (exact) mass is 476 g/mol. The lowest BCUT2D eigenvalue weighted by atomic mass is 10.1. The Hall–Kier alpha value is -2.69. The molecule has 0 aromatic heterocycles. The maximum Gasteiger partial charge on any atom is 0.257 e. The highest BCUT2D eigenvalue weighted by Crippen LogP contribution is 2.29. The van der Waals surface area contributed by atoms with Crippen LogP contribution in [0.25, 0.3) is 0 Å². The van der Waals surface area contributed by atoms with Gasteiger partial charge >= 0.3 is 0 Å². The first kappa shape index (κ1) is 23.5. The van der Waals surface area contributed by atoms with E-state index >= 15 is 0 Å². The Kier molecular flexibility index (Phi) is 6.87. The van der Waals surface area contributed by atoms with Gasteiger partial charge in [-0.15, -0.1) is 0 Å². The summed E-state index contributed by atoms with van der Waals surface area (Å²) in [5, 5.41) is 2.78. The van der Waals surface area contributed by atoms with E-state index in [0.29, 0.717) is 37.7 Å². The molecule has 2 aliphatic rings. The van der Waals surface area contributed by atoms with E-state index in [-0.39, 0.29) is 10.5 Å². The summed E-state index contributed by atoms with van der Waals surface area (Å²) in [6.07, 6.45) is 2.10. The average molecular weight is 477 g/mol. The van der Waals surface area contributed by atoms with Gasteiger partial charge in [-0.1, -0.05) is 0 Å². The van der Waals surface area contributed by atoms with Crippen LogP contribution in [-0.2, 0) is 14.8 Å². The summed E-state index contributed by atoms with van der Waals surface area (Å²) < 4.78 is 46.2. The normalized spacial score (nSPS) is 17.0. The van der Waals surface area contributed by atoms with Gasteiger partial charge in [0.1, 0.15) is 5.82 Å². The van der Waals surface area contributed by atoms with Gasteiger partial charge in [0.2, 0.25) is 10.0 Å². The van der Waals surface area contributed by atoms with Crippen molar-refractivity contribution in [2.75, 3.05) is 68.6 Å². The summed E-state index contributed by atoms with van der Waals surface area (Å²) in [5.41, 5.74) is 1.88. The van der Waals surface area contributed by atoms with Crippen LogP contribution in [0.4, 0.5) is 21.5 Å². The lowest BCUT2D eigenvalue weighted by Gasteiger charge is -2.30. The third-order valence-corrected chi connectivity index (χ3v) is 7.77. The zero-order chi connectivity index (χ0) is 23.6. The molecule has 10 heteroatoms. The van der Waals surface area contributed by atoms with Crippen molar-refractivity contribution in [1.29, 1.82) is 0 Å². The van der Waals surface area contributed by atoms with E-state index < -0.39 is 21.7 Å². The molecule has 0 atom stereocenters. The second kappa shape index (κ2) is 9.66. The Morgan fingerprint density at radius 1 is 1.00 bits per heavy atom. The number of amides is 1. The molecule has 33 heavy (non-hydrogen) atoms. The van der Waals surface area contributed by atoms with E-state index in [9.17, 15) is 17.6 Å². The highest BCUT2D eigenvalue weighted by atomic mass is 32.2. The number of hydrogen-bond donors (Lipinski definition) is 1. The van der Waals surface area contributed by atoms with Gasteiger partial charge in [-0.05, 0) is 49.2 Å². The van der Waals surface area contributed by atoms with E-state index in [1.54, 1.807) is 12.1 Å². The molecule has 0 unspecified atom stereocenters. The van der Waals surface area contributed by atoms with Crippen molar-refractivity contribution in [2.45, 2.75) is 17.7 Å². The molecule has 4 rings (SSSR count). The molecule has 2 saturated heterocycles. The Bertz CT molecular complexity index is 1130. The Balaban J connectivity index is 1.69. The first-order chi connectivity index (χ1) is 15.8. The van der Waals surface area contributed by atoms with Crippen molar-refractivity contribution in [3.8, 4) is 0 Å². The summed E-state index contributed by atoms with van der Waals surface area (Å²) in [5.74, 6) is -0.933. The molecule has 178 valence electrons. The van der Waals surface area contributed by atoms with E-state index in [2.05, 4.69) is 10.2 Å². The molecule has 1 N–H and O–H groups in total. The molecule has 2 heterocycles. The van der Waals surface area contributed by atoms with Crippen molar-refractivity contribution < 1.29 is 22.3 Å². The van der Waals surface area contributed by atoms with Crippen LogP contribution in [0.5, 0.6) is 0 Å². The zero-order valence-corrected chi connectivity index (χ0v) is 19.7. The molecular weight excluding hydrogens is 447 g/mol. The topological polar surface area (TPSA) is 82.2 Å². The summed E-state index contributed by atoms with van der Waals surface area (Å²) in [6.45, 7) is 3.90. The predicted molar refractivity (Wildman–Crippen MR) is 126 cm³/mol. The van der Waals surface area contributed by atoms with Crippen LogP contribution in [0.15, 0.2) is 41.3 Å². The first-order valence-electron chi connectivity index (χ1n) is 11.0. The number of ether oxygens (including phenoxy) is 1. The van der Waals surface area contributed by atoms with Gasteiger partial charge in [0.15, 0.2) is 0 Å². The molecule has 2 aromatic rings. The van der Waals surface area contributed by atoms with Gasteiger partial charge in [0.25, 0.3) is 5.91 Å². The van der Waals surface area contributed by atoms with Crippen LogP contribution in [0.2, 0.25) is 0 Å². The van der Waals surface area contributed by atoms with Crippen LogP contribution in [-0.4, -0.2) is 72.1 Å². The third kappa shape index (κ3) is 5.13. The molecule has 0 radical (unpaired) electrons.